The Morgan fingerprint density at radius 3 is 2.75 bits per heavy atom. The van der Waals surface area contributed by atoms with Crippen molar-refractivity contribution in [2.45, 2.75) is 50.5 Å². The fraction of sp³-hybridized carbons (Fsp3) is 0.600. The fourth-order valence-corrected chi connectivity index (χ4v) is 5.03. The Morgan fingerprint density at radius 1 is 1.35 bits per heavy atom. The molecule has 3 nitrogen and oxygen atoms in total. The molecule has 0 N–H and O–H groups in total. The van der Waals surface area contributed by atoms with Gasteiger partial charge in [-0.2, -0.15) is 4.31 Å². The molecule has 2 rings (SSSR count). The van der Waals surface area contributed by atoms with Crippen LogP contribution >= 0.6 is 11.6 Å². The van der Waals surface area contributed by atoms with E-state index in [9.17, 15) is 8.42 Å². The lowest BCUT2D eigenvalue weighted by atomic mass is 10.1. The zero-order chi connectivity index (χ0) is 14.8. The van der Waals surface area contributed by atoms with Gasteiger partial charge in [-0.1, -0.05) is 17.7 Å². The van der Waals surface area contributed by atoms with Crippen molar-refractivity contribution >= 4 is 21.6 Å². The summed E-state index contributed by atoms with van der Waals surface area (Å²) < 4.78 is 27.3. The molecule has 0 bridgehead atoms. The smallest absolute Gasteiger partial charge is 0.207 e. The maximum Gasteiger partial charge on any atom is 0.243 e. The zero-order valence-corrected chi connectivity index (χ0v) is 13.7. The Labute approximate surface area is 127 Å². The Bertz CT molecular complexity index is 571. The number of hydrogen-bond donors (Lipinski definition) is 0. The summed E-state index contributed by atoms with van der Waals surface area (Å²) in [6.07, 6.45) is 3.61. The van der Waals surface area contributed by atoms with E-state index in [-0.39, 0.29) is 6.04 Å². The van der Waals surface area contributed by atoms with Gasteiger partial charge in [-0.15, -0.1) is 11.6 Å². The van der Waals surface area contributed by atoms with E-state index in [1.165, 1.54) is 0 Å². The van der Waals surface area contributed by atoms with Crippen LogP contribution in [0, 0.1) is 13.8 Å². The average molecular weight is 316 g/mol. The van der Waals surface area contributed by atoms with E-state index >= 15 is 0 Å². The zero-order valence-electron chi connectivity index (χ0n) is 12.1. The molecule has 1 heterocycles. The van der Waals surface area contributed by atoms with Gasteiger partial charge < -0.3 is 0 Å². The summed E-state index contributed by atoms with van der Waals surface area (Å²) in [6, 6.07) is 5.64. The number of nitrogens with zero attached hydrogens (tertiary/aromatic N) is 1. The Balaban J connectivity index is 2.29. The third kappa shape index (κ3) is 3.18. The first-order valence-electron chi connectivity index (χ1n) is 7.12. The molecule has 1 aromatic carbocycles. The summed E-state index contributed by atoms with van der Waals surface area (Å²) in [7, 11) is -3.38. The SMILES string of the molecule is Cc1ccc(S(=O)(=O)N2CCCC2CCCCl)c(C)c1. The molecule has 1 aliphatic rings. The number of hydrogen-bond acceptors (Lipinski definition) is 2. The van der Waals surface area contributed by atoms with E-state index in [2.05, 4.69) is 0 Å². The van der Waals surface area contributed by atoms with E-state index in [0.29, 0.717) is 17.3 Å². The molecule has 5 heteroatoms. The van der Waals surface area contributed by atoms with Crippen LogP contribution in [0.25, 0.3) is 0 Å². The molecule has 1 atom stereocenters. The minimum Gasteiger partial charge on any atom is -0.207 e. The number of rotatable bonds is 5. The molecule has 0 amide bonds. The van der Waals surface area contributed by atoms with Crippen molar-refractivity contribution in [1.29, 1.82) is 0 Å². The van der Waals surface area contributed by atoms with Gasteiger partial charge in [0.05, 0.1) is 4.90 Å². The monoisotopic (exact) mass is 315 g/mol. The Hall–Kier alpha value is -0.580. The first kappa shape index (κ1) is 15.8. The summed E-state index contributed by atoms with van der Waals surface area (Å²) in [5.74, 6) is 0.591. The molecule has 20 heavy (non-hydrogen) atoms. The first-order chi connectivity index (χ1) is 9.46. The van der Waals surface area contributed by atoms with E-state index in [4.69, 9.17) is 11.6 Å². The van der Waals surface area contributed by atoms with Crippen LogP contribution < -0.4 is 0 Å². The van der Waals surface area contributed by atoms with Gasteiger partial charge >= 0.3 is 0 Å². The third-order valence-electron chi connectivity index (χ3n) is 3.91. The minimum atomic E-state index is -3.38. The summed E-state index contributed by atoms with van der Waals surface area (Å²) in [5.41, 5.74) is 1.91. The van der Waals surface area contributed by atoms with Crippen molar-refractivity contribution in [2.24, 2.45) is 0 Å². The van der Waals surface area contributed by atoms with Gasteiger partial charge in [-0.05, 0) is 51.2 Å². The quantitative estimate of drug-likeness (QED) is 0.780. The first-order valence-corrected chi connectivity index (χ1v) is 9.09. The minimum absolute atomic E-state index is 0.111. The van der Waals surface area contributed by atoms with Crippen molar-refractivity contribution < 1.29 is 8.42 Å². The molecule has 1 saturated heterocycles. The Morgan fingerprint density at radius 2 is 2.10 bits per heavy atom. The highest BCUT2D eigenvalue weighted by Gasteiger charge is 2.35. The number of aryl methyl sites for hydroxylation is 2. The van der Waals surface area contributed by atoms with E-state index in [1.807, 2.05) is 26.0 Å². The van der Waals surface area contributed by atoms with Gasteiger partial charge in [0.2, 0.25) is 10.0 Å². The maximum absolute atomic E-state index is 12.8. The topological polar surface area (TPSA) is 37.4 Å². The van der Waals surface area contributed by atoms with Crippen LogP contribution in [0.1, 0.15) is 36.8 Å². The van der Waals surface area contributed by atoms with Crippen LogP contribution in [0.3, 0.4) is 0 Å². The molecular weight excluding hydrogens is 294 g/mol. The second-order valence-corrected chi connectivity index (χ2v) is 7.75. The predicted octanol–water partition coefficient (Wildman–Crippen LogP) is 3.48. The standard InChI is InChI=1S/C15H22ClNO2S/c1-12-7-8-15(13(2)11-12)20(18,19)17-10-4-6-14(17)5-3-9-16/h7-8,11,14H,3-6,9-10H2,1-2H3. The molecule has 0 aromatic heterocycles. The van der Waals surface area contributed by atoms with Crippen molar-refractivity contribution in [3.63, 3.8) is 0 Å². The lowest BCUT2D eigenvalue weighted by Gasteiger charge is -2.24. The van der Waals surface area contributed by atoms with Crippen molar-refractivity contribution in [1.82, 2.24) is 4.31 Å². The molecule has 0 aliphatic carbocycles. The second kappa shape index (κ2) is 6.46. The van der Waals surface area contributed by atoms with Crippen molar-refractivity contribution in [3.8, 4) is 0 Å². The second-order valence-electron chi connectivity index (χ2n) is 5.51. The molecule has 0 spiro atoms. The summed E-state index contributed by atoms with van der Waals surface area (Å²) in [5, 5.41) is 0. The van der Waals surface area contributed by atoms with E-state index in [0.717, 1.165) is 36.8 Å². The van der Waals surface area contributed by atoms with Gasteiger partial charge in [0.25, 0.3) is 0 Å². The van der Waals surface area contributed by atoms with Gasteiger partial charge in [0.15, 0.2) is 0 Å². The molecule has 1 unspecified atom stereocenters. The van der Waals surface area contributed by atoms with Gasteiger partial charge in [0, 0.05) is 18.5 Å². The van der Waals surface area contributed by atoms with Crippen molar-refractivity contribution in [2.75, 3.05) is 12.4 Å². The lowest BCUT2D eigenvalue weighted by molar-refractivity contribution is 0.368. The van der Waals surface area contributed by atoms with E-state index in [1.54, 1.807) is 10.4 Å². The number of benzene rings is 1. The molecule has 1 aromatic rings. The van der Waals surface area contributed by atoms with Crippen LogP contribution in [-0.2, 0) is 10.0 Å². The highest BCUT2D eigenvalue weighted by atomic mass is 35.5. The normalized spacial score (nSPS) is 20.4. The maximum atomic E-state index is 12.8. The molecule has 0 radical (unpaired) electrons. The highest BCUT2D eigenvalue weighted by Crippen LogP contribution is 2.30. The van der Waals surface area contributed by atoms with Crippen molar-refractivity contribution in [3.05, 3.63) is 29.3 Å². The molecule has 1 fully saturated rings. The van der Waals surface area contributed by atoms with Gasteiger partial charge in [-0.3, -0.25) is 0 Å². The number of sulfonamides is 1. The third-order valence-corrected chi connectivity index (χ3v) is 6.29. The summed E-state index contributed by atoms with van der Waals surface area (Å²) >= 11 is 5.73. The van der Waals surface area contributed by atoms with Crippen LogP contribution in [-0.4, -0.2) is 31.2 Å². The van der Waals surface area contributed by atoms with E-state index < -0.39 is 10.0 Å². The molecule has 0 saturated carbocycles. The molecule has 112 valence electrons. The molecule has 1 aliphatic heterocycles. The fourth-order valence-electron chi connectivity index (χ4n) is 2.94. The number of halogens is 1. The summed E-state index contributed by atoms with van der Waals surface area (Å²) in [4.78, 5) is 0.445. The predicted molar refractivity (Wildman–Crippen MR) is 82.8 cm³/mol. The van der Waals surface area contributed by atoms with Crippen LogP contribution in [0.5, 0.6) is 0 Å². The largest absolute Gasteiger partial charge is 0.243 e. The number of alkyl halides is 1. The molecular formula is C15H22ClNO2S. The summed E-state index contributed by atoms with van der Waals surface area (Å²) in [6.45, 7) is 4.47. The average Bonchev–Trinajstić information content (AvgIpc) is 2.84. The van der Waals surface area contributed by atoms with Crippen LogP contribution in [0.2, 0.25) is 0 Å². The van der Waals surface area contributed by atoms with Gasteiger partial charge in [-0.25, -0.2) is 8.42 Å². The van der Waals surface area contributed by atoms with Gasteiger partial charge in [0.1, 0.15) is 0 Å². The van der Waals surface area contributed by atoms with Crippen LogP contribution in [0.15, 0.2) is 23.1 Å². The Kier molecular flexibility index (Phi) is 5.10. The highest BCUT2D eigenvalue weighted by molar-refractivity contribution is 7.89. The van der Waals surface area contributed by atoms with Crippen LogP contribution in [0.4, 0.5) is 0 Å². The lowest BCUT2D eigenvalue weighted by Crippen LogP contribution is -2.35.